The molecule has 3 rings (SSSR count). The molecular weight excluding hydrogens is 320 g/mol. The zero-order valence-corrected chi connectivity index (χ0v) is 14.1. The summed E-state index contributed by atoms with van der Waals surface area (Å²) >= 11 is 0. The highest BCUT2D eigenvalue weighted by atomic mass is 16.5. The molecule has 2 aromatic rings. The van der Waals surface area contributed by atoms with Gasteiger partial charge in [0, 0.05) is 6.04 Å². The third kappa shape index (κ3) is 4.21. The minimum atomic E-state index is -0.203. The molecule has 0 aliphatic heterocycles. The summed E-state index contributed by atoms with van der Waals surface area (Å²) in [6, 6.07) is 7.71. The van der Waals surface area contributed by atoms with Crippen LogP contribution >= 0.6 is 0 Å². The molecule has 1 saturated carbocycles. The van der Waals surface area contributed by atoms with Gasteiger partial charge in [0.2, 0.25) is 5.95 Å². The van der Waals surface area contributed by atoms with Crippen LogP contribution in [0.5, 0.6) is 5.75 Å². The van der Waals surface area contributed by atoms with Crippen molar-refractivity contribution in [3.63, 3.8) is 0 Å². The number of nitrogens with zero attached hydrogens (tertiary/aromatic N) is 3. The van der Waals surface area contributed by atoms with Crippen LogP contribution in [0.4, 0.5) is 23.1 Å². The molecule has 1 fully saturated rings. The van der Waals surface area contributed by atoms with E-state index in [1.54, 1.807) is 7.11 Å². The lowest BCUT2D eigenvalue weighted by molar-refractivity contribution is 0.126. The first-order valence-electron chi connectivity index (χ1n) is 8.28. The van der Waals surface area contributed by atoms with Gasteiger partial charge < -0.3 is 20.5 Å². The highest BCUT2D eigenvalue weighted by Gasteiger charge is 2.20. The van der Waals surface area contributed by atoms with Gasteiger partial charge in [-0.15, -0.1) is 0 Å². The lowest BCUT2D eigenvalue weighted by Gasteiger charge is -2.26. The summed E-state index contributed by atoms with van der Waals surface area (Å²) in [7, 11) is 1.60. The Labute approximate surface area is 146 Å². The monoisotopic (exact) mass is 342 g/mol. The number of rotatable bonds is 6. The number of nitrogens with one attached hydrogen (secondary N) is 3. The van der Waals surface area contributed by atoms with E-state index in [1.165, 1.54) is 6.20 Å². The lowest BCUT2D eigenvalue weighted by Crippen LogP contribution is -2.28. The van der Waals surface area contributed by atoms with Crippen LogP contribution in [0.3, 0.4) is 0 Å². The van der Waals surface area contributed by atoms with Crippen LogP contribution in [0.25, 0.3) is 0 Å². The van der Waals surface area contributed by atoms with Crippen molar-refractivity contribution in [2.24, 2.45) is 5.11 Å². The number of aromatic nitrogens is 2. The van der Waals surface area contributed by atoms with Crippen molar-refractivity contribution in [3.8, 4) is 5.75 Å². The molecule has 1 aliphatic carbocycles. The van der Waals surface area contributed by atoms with Gasteiger partial charge >= 0.3 is 0 Å². The Morgan fingerprint density at radius 3 is 2.72 bits per heavy atom. The van der Waals surface area contributed by atoms with Crippen molar-refractivity contribution < 1.29 is 9.84 Å². The zero-order valence-electron chi connectivity index (χ0n) is 14.1. The van der Waals surface area contributed by atoms with E-state index < -0.39 is 0 Å². The number of aliphatic hydroxyl groups excluding tert-OH is 1. The van der Waals surface area contributed by atoms with E-state index in [4.69, 9.17) is 10.3 Å². The number of ether oxygens (including phenoxy) is 1. The molecule has 0 atom stereocenters. The molecule has 0 bridgehead atoms. The second-order valence-electron chi connectivity index (χ2n) is 6.01. The second-order valence-corrected chi connectivity index (χ2v) is 6.01. The Bertz CT molecular complexity index is 731. The number of anilines is 3. The average molecular weight is 342 g/mol. The van der Waals surface area contributed by atoms with Crippen LogP contribution in [0, 0.1) is 5.53 Å². The summed E-state index contributed by atoms with van der Waals surface area (Å²) in [5, 5.41) is 19.5. The van der Waals surface area contributed by atoms with E-state index in [0.717, 1.165) is 31.4 Å². The van der Waals surface area contributed by atoms with Gasteiger partial charge in [0.05, 0.1) is 25.1 Å². The molecule has 8 heteroatoms. The van der Waals surface area contributed by atoms with E-state index in [2.05, 4.69) is 25.7 Å². The summed E-state index contributed by atoms with van der Waals surface area (Å²) in [5.41, 5.74) is 8.40. The summed E-state index contributed by atoms with van der Waals surface area (Å²) < 4.78 is 5.33. The molecule has 25 heavy (non-hydrogen) atoms. The summed E-state index contributed by atoms with van der Waals surface area (Å²) in [6.07, 6.45) is 4.63. The number of methoxy groups -OCH3 is 1. The smallest absolute Gasteiger partial charge is 0.224 e. The molecule has 0 unspecified atom stereocenters. The van der Waals surface area contributed by atoms with Gasteiger partial charge in [-0.3, -0.25) is 0 Å². The third-order valence-electron chi connectivity index (χ3n) is 4.28. The molecule has 1 aromatic carbocycles. The van der Waals surface area contributed by atoms with Gasteiger partial charge in [0.15, 0.2) is 5.82 Å². The Hall–Kier alpha value is -2.74. The largest absolute Gasteiger partial charge is 0.495 e. The highest BCUT2D eigenvalue weighted by molar-refractivity contribution is 5.71. The predicted molar refractivity (Wildman–Crippen MR) is 95.0 cm³/mol. The molecule has 4 N–H and O–H groups in total. The molecule has 0 saturated heterocycles. The van der Waals surface area contributed by atoms with E-state index in [9.17, 15) is 5.11 Å². The van der Waals surface area contributed by atoms with E-state index in [0.29, 0.717) is 23.2 Å². The summed E-state index contributed by atoms with van der Waals surface area (Å²) in [4.78, 5) is 8.70. The van der Waals surface area contributed by atoms with E-state index >= 15 is 0 Å². The maximum atomic E-state index is 9.60. The van der Waals surface area contributed by atoms with Crippen LogP contribution in [-0.4, -0.2) is 34.3 Å². The van der Waals surface area contributed by atoms with Crippen molar-refractivity contribution in [2.45, 2.75) is 37.8 Å². The van der Waals surface area contributed by atoms with Gasteiger partial charge in [0.1, 0.15) is 11.4 Å². The van der Waals surface area contributed by atoms with Gasteiger partial charge in [-0.25, -0.2) is 10.5 Å². The van der Waals surface area contributed by atoms with Crippen LogP contribution in [0.2, 0.25) is 0 Å². The van der Waals surface area contributed by atoms with Crippen molar-refractivity contribution >= 4 is 23.1 Å². The van der Waals surface area contributed by atoms with Gasteiger partial charge in [-0.1, -0.05) is 12.1 Å². The minimum Gasteiger partial charge on any atom is -0.495 e. The van der Waals surface area contributed by atoms with Gasteiger partial charge in [0.25, 0.3) is 0 Å². The standard InChI is InChI=1S/C17H22N6O2/c1-25-15-5-3-2-4-13(15)21-16-14(23-18)10-19-17(22-16)20-11-6-8-12(24)9-7-11/h2-5,10-12,18,24H,6-9H2,1H3,(H2,19,20,21,22). The molecule has 132 valence electrons. The molecule has 1 aromatic heterocycles. The number of hydrogen-bond acceptors (Lipinski definition) is 8. The van der Waals surface area contributed by atoms with Crippen molar-refractivity contribution in [1.29, 1.82) is 5.53 Å². The second kappa shape index (κ2) is 7.89. The maximum absolute atomic E-state index is 9.60. The van der Waals surface area contributed by atoms with Gasteiger partial charge in [-0.05, 0) is 37.8 Å². The SMILES string of the molecule is COc1ccccc1Nc1nc(NC2CCC(O)CC2)ncc1N=N. The van der Waals surface area contributed by atoms with E-state index in [1.807, 2.05) is 24.3 Å². The van der Waals surface area contributed by atoms with Crippen molar-refractivity contribution in [3.05, 3.63) is 30.5 Å². The molecule has 0 amide bonds. The normalized spacial score (nSPS) is 19.9. The number of hydrogen-bond donors (Lipinski definition) is 4. The molecule has 0 radical (unpaired) electrons. The zero-order chi connectivity index (χ0) is 17.6. The molecule has 8 nitrogen and oxygen atoms in total. The molecule has 0 spiro atoms. The van der Waals surface area contributed by atoms with Crippen molar-refractivity contribution in [2.75, 3.05) is 17.7 Å². The fourth-order valence-electron chi connectivity index (χ4n) is 2.90. The molecule has 1 aliphatic rings. The Kier molecular flexibility index (Phi) is 5.39. The Morgan fingerprint density at radius 2 is 2.00 bits per heavy atom. The molecular formula is C17H22N6O2. The predicted octanol–water partition coefficient (Wildman–Crippen LogP) is 3.61. The van der Waals surface area contributed by atoms with Crippen molar-refractivity contribution in [1.82, 2.24) is 9.97 Å². The van der Waals surface area contributed by atoms with Gasteiger partial charge in [-0.2, -0.15) is 10.1 Å². The summed E-state index contributed by atoms with van der Waals surface area (Å²) in [5.74, 6) is 1.59. The average Bonchev–Trinajstić information content (AvgIpc) is 2.64. The summed E-state index contributed by atoms with van der Waals surface area (Å²) in [6.45, 7) is 0. The quantitative estimate of drug-likeness (QED) is 0.596. The maximum Gasteiger partial charge on any atom is 0.224 e. The third-order valence-corrected chi connectivity index (χ3v) is 4.28. The first-order valence-corrected chi connectivity index (χ1v) is 8.28. The lowest BCUT2D eigenvalue weighted by atomic mass is 9.93. The Morgan fingerprint density at radius 1 is 1.24 bits per heavy atom. The number of benzene rings is 1. The first kappa shape index (κ1) is 17.1. The molecule has 1 heterocycles. The highest BCUT2D eigenvalue weighted by Crippen LogP contribution is 2.31. The minimum absolute atomic E-state index is 0.203. The number of para-hydroxylation sites is 2. The van der Waals surface area contributed by atoms with Crippen LogP contribution in [0.15, 0.2) is 35.6 Å². The number of aliphatic hydroxyl groups is 1. The first-order chi connectivity index (χ1) is 12.2. The van der Waals surface area contributed by atoms with Crippen LogP contribution in [-0.2, 0) is 0 Å². The fraction of sp³-hybridized carbons (Fsp3) is 0.412. The van der Waals surface area contributed by atoms with Crippen LogP contribution < -0.4 is 15.4 Å². The topological polar surface area (TPSA) is 116 Å². The fourth-order valence-corrected chi connectivity index (χ4v) is 2.90. The Balaban J connectivity index is 1.79. The van der Waals surface area contributed by atoms with E-state index in [-0.39, 0.29) is 12.1 Å². The van der Waals surface area contributed by atoms with Crippen LogP contribution in [0.1, 0.15) is 25.7 Å².